The molecule has 1 N–H and O–H groups in total. The minimum Gasteiger partial charge on any atom is -0.381 e. The molecule has 4 rings (SSSR count). The third-order valence-electron chi connectivity index (χ3n) is 5.34. The van der Waals surface area contributed by atoms with Crippen LogP contribution in [0, 0.1) is 0 Å². The van der Waals surface area contributed by atoms with E-state index in [-0.39, 0.29) is 5.91 Å². The number of hydrogen-bond acceptors (Lipinski definition) is 4. The lowest BCUT2D eigenvalue weighted by molar-refractivity contribution is -0.114. The molecule has 0 saturated carbocycles. The van der Waals surface area contributed by atoms with Crippen LogP contribution in [-0.4, -0.2) is 41.1 Å². The molecule has 3 aromatic rings. The normalized spacial score (nSPS) is 14.9. The second-order valence-electron chi connectivity index (χ2n) is 7.27. The van der Waals surface area contributed by atoms with Crippen LogP contribution in [0.15, 0.2) is 48.9 Å². The highest BCUT2D eigenvalue weighted by Crippen LogP contribution is 2.37. The average Bonchev–Trinajstić information content (AvgIpc) is 3.17. The summed E-state index contributed by atoms with van der Waals surface area (Å²) < 4.78 is 5.52. The molecule has 0 aliphatic carbocycles. The van der Waals surface area contributed by atoms with E-state index in [4.69, 9.17) is 4.74 Å². The predicted octanol–water partition coefficient (Wildman–Crippen LogP) is 4.06. The molecule has 1 aromatic carbocycles. The van der Waals surface area contributed by atoms with Gasteiger partial charge in [-0.3, -0.25) is 4.79 Å². The first-order valence-corrected chi connectivity index (χ1v) is 9.50. The van der Waals surface area contributed by atoms with E-state index in [1.54, 1.807) is 25.2 Å². The molecule has 3 heterocycles. The Labute approximate surface area is 164 Å². The summed E-state index contributed by atoms with van der Waals surface area (Å²) in [5, 5.41) is 1.06. The number of amides is 1. The minimum atomic E-state index is -0.102. The van der Waals surface area contributed by atoms with Gasteiger partial charge in [-0.1, -0.05) is 18.7 Å². The summed E-state index contributed by atoms with van der Waals surface area (Å²) in [6.07, 6.45) is 5.63. The third-order valence-corrected chi connectivity index (χ3v) is 5.34. The number of fused-ring (bicyclic) bond motifs is 1. The van der Waals surface area contributed by atoms with Gasteiger partial charge in [0.05, 0.1) is 5.69 Å². The van der Waals surface area contributed by atoms with Crippen molar-refractivity contribution in [2.45, 2.75) is 25.7 Å². The molecule has 6 nitrogen and oxygen atoms in total. The number of H-pyrrole nitrogens is 1. The molecule has 1 saturated heterocycles. The van der Waals surface area contributed by atoms with E-state index >= 15 is 0 Å². The molecule has 1 aliphatic rings. The van der Waals surface area contributed by atoms with E-state index in [1.165, 1.54) is 5.56 Å². The number of nitrogens with zero attached hydrogens (tertiary/aromatic N) is 3. The number of hydrogen-bond donors (Lipinski definition) is 1. The average molecular weight is 376 g/mol. The van der Waals surface area contributed by atoms with Gasteiger partial charge in [-0.2, -0.15) is 0 Å². The van der Waals surface area contributed by atoms with E-state index in [0.717, 1.165) is 54.0 Å². The molecule has 2 aromatic heterocycles. The van der Waals surface area contributed by atoms with Crippen LogP contribution in [0.2, 0.25) is 0 Å². The first kappa shape index (κ1) is 18.4. The van der Waals surface area contributed by atoms with Crippen LogP contribution in [0.5, 0.6) is 0 Å². The first-order chi connectivity index (χ1) is 13.6. The Hall–Kier alpha value is -2.99. The summed E-state index contributed by atoms with van der Waals surface area (Å²) in [5.41, 5.74) is 5.23. The summed E-state index contributed by atoms with van der Waals surface area (Å²) >= 11 is 0. The Balaban J connectivity index is 1.79. The number of rotatable bonds is 4. The molecule has 0 bridgehead atoms. The fourth-order valence-corrected chi connectivity index (χ4v) is 3.80. The molecular formula is C22H24N4O2. The number of aromatic amines is 1. The van der Waals surface area contributed by atoms with Crippen molar-refractivity contribution < 1.29 is 9.53 Å². The lowest BCUT2D eigenvalue weighted by atomic mass is 9.90. The van der Waals surface area contributed by atoms with Crippen LogP contribution in [0.4, 0.5) is 5.69 Å². The van der Waals surface area contributed by atoms with Gasteiger partial charge in [-0.05, 0) is 43.4 Å². The summed E-state index contributed by atoms with van der Waals surface area (Å²) in [6, 6.07) is 7.87. The molecule has 1 aliphatic heterocycles. The Morgan fingerprint density at radius 2 is 2.07 bits per heavy atom. The van der Waals surface area contributed by atoms with Gasteiger partial charge in [-0.25, -0.2) is 9.97 Å². The maximum Gasteiger partial charge on any atom is 0.253 e. The number of ether oxygens (including phenoxy) is 1. The number of carbonyl (C=O) groups excluding carboxylic acids is 1. The second-order valence-corrected chi connectivity index (χ2v) is 7.27. The highest BCUT2D eigenvalue weighted by Gasteiger charge is 2.22. The number of aromatic nitrogens is 3. The zero-order chi connectivity index (χ0) is 19.7. The van der Waals surface area contributed by atoms with Crippen LogP contribution in [0.3, 0.4) is 0 Å². The van der Waals surface area contributed by atoms with Crippen molar-refractivity contribution >= 4 is 22.6 Å². The number of benzene rings is 1. The zero-order valence-corrected chi connectivity index (χ0v) is 16.2. The second kappa shape index (κ2) is 7.56. The first-order valence-electron chi connectivity index (χ1n) is 9.50. The van der Waals surface area contributed by atoms with E-state index in [9.17, 15) is 4.79 Å². The fraction of sp³-hybridized carbons (Fsp3) is 0.318. The van der Waals surface area contributed by atoms with Crippen LogP contribution >= 0.6 is 0 Å². The SMILES string of the molecule is C=C(C)C(=O)N(C)c1cccc(-c2ncnc3[nH]cc(C4CCOCC4)c23)c1. The fourth-order valence-electron chi connectivity index (χ4n) is 3.80. The Morgan fingerprint density at radius 1 is 1.29 bits per heavy atom. The molecule has 1 amide bonds. The monoisotopic (exact) mass is 376 g/mol. The van der Waals surface area contributed by atoms with Crippen LogP contribution in [0.25, 0.3) is 22.3 Å². The number of likely N-dealkylation sites (N-methyl/N-ethyl adjacent to an activating group) is 1. The topological polar surface area (TPSA) is 71.1 Å². The van der Waals surface area contributed by atoms with Gasteiger partial charge in [0.25, 0.3) is 5.91 Å². The summed E-state index contributed by atoms with van der Waals surface area (Å²) in [7, 11) is 1.76. The van der Waals surface area contributed by atoms with E-state index in [1.807, 2.05) is 24.3 Å². The molecule has 28 heavy (non-hydrogen) atoms. The summed E-state index contributed by atoms with van der Waals surface area (Å²) in [5.74, 6) is 0.331. The summed E-state index contributed by atoms with van der Waals surface area (Å²) in [6.45, 7) is 7.04. The molecule has 0 radical (unpaired) electrons. The largest absolute Gasteiger partial charge is 0.381 e. The van der Waals surface area contributed by atoms with Gasteiger partial charge < -0.3 is 14.6 Å². The van der Waals surface area contributed by atoms with Gasteiger partial charge in [0.1, 0.15) is 12.0 Å². The van der Waals surface area contributed by atoms with Gasteiger partial charge in [0.15, 0.2) is 0 Å². The molecular weight excluding hydrogens is 352 g/mol. The molecule has 144 valence electrons. The number of anilines is 1. The van der Waals surface area contributed by atoms with Gasteiger partial charge in [0, 0.05) is 48.7 Å². The Morgan fingerprint density at radius 3 is 2.82 bits per heavy atom. The lowest BCUT2D eigenvalue weighted by Crippen LogP contribution is -2.26. The van der Waals surface area contributed by atoms with Gasteiger partial charge in [0.2, 0.25) is 0 Å². The Bertz CT molecular complexity index is 1030. The lowest BCUT2D eigenvalue weighted by Gasteiger charge is -2.22. The van der Waals surface area contributed by atoms with Crippen molar-refractivity contribution in [1.82, 2.24) is 15.0 Å². The van der Waals surface area contributed by atoms with Crippen molar-refractivity contribution in [3.63, 3.8) is 0 Å². The van der Waals surface area contributed by atoms with Crippen molar-refractivity contribution in [3.8, 4) is 11.3 Å². The van der Waals surface area contributed by atoms with Crippen molar-refractivity contribution in [1.29, 1.82) is 0 Å². The minimum absolute atomic E-state index is 0.102. The maximum absolute atomic E-state index is 12.3. The molecule has 6 heteroatoms. The van der Waals surface area contributed by atoms with Crippen LogP contribution < -0.4 is 4.90 Å². The maximum atomic E-state index is 12.3. The number of nitrogens with one attached hydrogen (secondary N) is 1. The highest BCUT2D eigenvalue weighted by atomic mass is 16.5. The van der Waals surface area contributed by atoms with E-state index < -0.39 is 0 Å². The molecule has 0 atom stereocenters. The zero-order valence-electron chi connectivity index (χ0n) is 16.2. The third kappa shape index (κ3) is 3.31. The molecule has 0 spiro atoms. The highest BCUT2D eigenvalue weighted by molar-refractivity contribution is 6.05. The van der Waals surface area contributed by atoms with Crippen molar-refractivity contribution in [3.05, 3.63) is 54.5 Å². The van der Waals surface area contributed by atoms with Crippen LogP contribution in [-0.2, 0) is 9.53 Å². The van der Waals surface area contributed by atoms with Crippen molar-refractivity contribution in [2.24, 2.45) is 0 Å². The Kier molecular flexibility index (Phi) is 4.96. The smallest absolute Gasteiger partial charge is 0.253 e. The standard InChI is InChI=1S/C22H24N4O2/c1-14(2)22(27)26(3)17-6-4-5-16(11-17)20-19-18(15-7-9-28-10-8-15)12-23-21(19)25-13-24-20/h4-6,11-13,15H,1,7-10H2,2-3H3,(H,23,24,25). The van der Waals surface area contributed by atoms with E-state index in [0.29, 0.717) is 11.5 Å². The van der Waals surface area contributed by atoms with Gasteiger partial charge >= 0.3 is 0 Å². The van der Waals surface area contributed by atoms with Crippen LogP contribution in [0.1, 0.15) is 31.2 Å². The molecule has 0 unspecified atom stereocenters. The van der Waals surface area contributed by atoms with E-state index in [2.05, 4.69) is 27.7 Å². The molecule has 1 fully saturated rings. The number of carbonyl (C=O) groups is 1. The van der Waals surface area contributed by atoms with Crippen molar-refractivity contribution in [2.75, 3.05) is 25.2 Å². The summed E-state index contributed by atoms with van der Waals surface area (Å²) in [4.78, 5) is 26.2. The quantitative estimate of drug-likeness (QED) is 0.697. The van der Waals surface area contributed by atoms with Gasteiger partial charge in [-0.15, -0.1) is 0 Å². The predicted molar refractivity (Wildman–Crippen MR) is 110 cm³/mol.